The number of aromatic nitrogens is 2. The van der Waals surface area contributed by atoms with Gasteiger partial charge in [0.05, 0.1) is 34.4 Å². The van der Waals surface area contributed by atoms with E-state index in [2.05, 4.69) is 49.4 Å². The maximum absolute atomic E-state index is 13.2. The zero-order valence-corrected chi connectivity index (χ0v) is 23.2. The molecule has 3 aliphatic heterocycles. The van der Waals surface area contributed by atoms with Gasteiger partial charge < -0.3 is 20.4 Å². The molecule has 4 N–H and O–H groups in total. The van der Waals surface area contributed by atoms with Crippen molar-refractivity contribution in [2.75, 3.05) is 60.8 Å². The highest BCUT2D eigenvalue weighted by Gasteiger charge is 2.44. The number of hydrogen-bond donors (Lipinski definition) is 4. The zero-order valence-electron chi connectivity index (χ0n) is 23.2. The number of nitrogens with zero attached hydrogens (tertiary/aromatic N) is 5. The topological polar surface area (TPSA) is 136 Å². The second kappa shape index (κ2) is 10.3. The summed E-state index contributed by atoms with van der Waals surface area (Å²) >= 11 is 0. The van der Waals surface area contributed by atoms with Crippen molar-refractivity contribution in [2.45, 2.75) is 18.9 Å². The predicted molar refractivity (Wildman–Crippen MR) is 155 cm³/mol. The first-order valence-electron chi connectivity index (χ1n) is 13.6. The number of nitrogens with one attached hydrogen (secondary N) is 4. The van der Waals surface area contributed by atoms with Gasteiger partial charge in [0, 0.05) is 59.4 Å². The zero-order chi connectivity index (χ0) is 28.8. The van der Waals surface area contributed by atoms with Crippen LogP contribution in [0.1, 0.15) is 33.6 Å². The Labute approximate surface area is 237 Å². The van der Waals surface area contributed by atoms with E-state index < -0.39 is 29.7 Å². The van der Waals surface area contributed by atoms with Crippen LogP contribution in [0.4, 0.5) is 28.6 Å². The molecule has 13 nitrogen and oxygen atoms in total. The summed E-state index contributed by atoms with van der Waals surface area (Å²) in [6.07, 6.45) is 2.13. The largest absolute Gasteiger partial charge is 0.386 e. The molecule has 2 aromatic carbocycles. The Kier molecular flexibility index (Phi) is 6.66. The van der Waals surface area contributed by atoms with Crippen molar-refractivity contribution in [3.8, 4) is 0 Å². The molecular formula is C28H33N9O4. The van der Waals surface area contributed by atoms with Gasteiger partial charge in [-0.25, -0.2) is 0 Å². The second-order valence-corrected chi connectivity index (χ2v) is 10.4. The second-order valence-electron chi connectivity index (χ2n) is 10.4. The number of carbonyl (C=O) groups excluding carboxylic acids is 4. The molecule has 1 unspecified atom stereocenters. The van der Waals surface area contributed by atoms with Gasteiger partial charge in [0.25, 0.3) is 11.8 Å². The van der Waals surface area contributed by atoms with E-state index in [-0.39, 0.29) is 24.0 Å². The summed E-state index contributed by atoms with van der Waals surface area (Å²) in [5.41, 5.74) is 7.54. The number of anilines is 5. The maximum atomic E-state index is 13.2. The third-order valence-electron chi connectivity index (χ3n) is 8.01. The van der Waals surface area contributed by atoms with Crippen molar-refractivity contribution < 1.29 is 19.2 Å². The van der Waals surface area contributed by atoms with E-state index in [1.54, 1.807) is 23.0 Å². The minimum atomic E-state index is -0.993. The van der Waals surface area contributed by atoms with Gasteiger partial charge in [-0.05, 0) is 42.8 Å². The summed E-state index contributed by atoms with van der Waals surface area (Å²) < 4.78 is 1.93. The minimum Gasteiger partial charge on any atom is -0.386 e. The van der Waals surface area contributed by atoms with Crippen molar-refractivity contribution >= 4 is 52.2 Å². The SMILES string of the molecule is CNc1cc(N2CCNCC2)ccc1N(C)c1cn(Nc2ccc3c(c2)C(=O)N(C2CCC(=O)NC2=O)C3=O)n1C. The van der Waals surface area contributed by atoms with E-state index >= 15 is 0 Å². The van der Waals surface area contributed by atoms with Crippen molar-refractivity contribution in [1.29, 1.82) is 0 Å². The summed E-state index contributed by atoms with van der Waals surface area (Å²) in [5, 5.41) is 8.92. The molecule has 41 heavy (non-hydrogen) atoms. The lowest BCUT2D eigenvalue weighted by Gasteiger charge is -2.33. The molecule has 6 rings (SSSR count). The van der Waals surface area contributed by atoms with Crippen LogP contribution in [0.5, 0.6) is 0 Å². The molecule has 4 amide bonds. The molecule has 0 spiro atoms. The van der Waals surface area contributed by atoms with Crippen molar-refractivity contribution in [3.63, 3.8) is 0 Å². The van der Waals surface area contributed by atoms with Crippen LogP contribution in [-0.4, -0.2) is 84.3 Å². The molecule has 2 fully saturated rings. The smallest absolute Gasteiger partial charge is 0.262 e. The normalized spacial score (nSPS) is 19.0. The Balaban J connectivity index is 1.17. The van der Waals surface area contributed by atoms with Crippen LogP contribution in [0.15, 0.2) is 42.6 Å². The number of carbonyl (C=O) groups is 4. The van der Waals surface area contributed by atoms with Crippen LogP contribution >= 0.6 is 0 Å². The summed E-state index contributed by atoms with van der Waals surface area (Å²) in [5.74, 6) is -1.15. The third kappa shape index (κ3) is 4.57. The molecule has 3 aromatic rings. The molecule has 214 valence electrons. The fourth-order valence-electron chi connectivity index (χ4n) is 5.68. The Morgan fingerprint density at radius 3 is 2.44 bits per heavy atom. The molecule has 0 aliphatic carbocycles. The summed E-state index contributed by atoms with van der Waals surface area (Å²) in [6, 6.07) is 10.4. The van der Waals surface area contributed by atoms with Gasteiger partial charge >= 0.3 is 0 Å². The predicted octanol–water partition coefficient (Wildman–Crippen LogP) is 1.32. The first-order chi connectivity index (χ1) is 19.8. The first kappa shape index (κ1) is 26.4. The molecule has 0 radical (unpaired) electrons. The number of piperazine rings is 1. The third-order valence-corrected chi connectivity index (χ3v) is 8.01. The highest BCUT2D eigenvalue weighted by Crippen LogP contribution is 2.35. The van der Waals surface area contributed by atoms with E-state index in [4.69, 9.17) is 0 Å². The van der Waals surface area contributed by atoms with Gasteiger partial charge in [-0.15, -0.1) is 0 Å². The fourth-order valence-corrected chi connectivity index (χ4v) is 5.68. The van der Waals surface area contributed by atoms with Crippen LogP contribution in [0.25, 0.3) is 0 Å². The van der Waals surface area contributed by atoms with Crippen LogP contribution in [-0.2, 0) is 16.6 Å². The maximum Gasteiger partial charge on any atom is 0.262 e. The van der Waals surface area contributed by atoms with E-state index in [1.807, 2.05) is 32.0 Å². The molecule has 4 heterocycles. The lowest BCUT2D eigenvalue weighted by atomic mass is 10.0. The quantitative estimate of drug-likeness (QED) is 0.316. The van der Waals surface area contributed by atoms with Gasteiger partial charge in [-0.3, -0.25) is 39.5 Å². The molecule has 13 heteroatoms. The molecule has 0 bridgehead atoms. The fraction of sp³-hybridized carbons (Fsp3) is 0.357. The highest BCUT2D eigenvalue weighted by molar-refractivity contribution is 6.23. The molecule has 1 atom stereocenters. The molecule has 2 saturated heterocycles. The number of piperidine rings is 1. The van der Waals surface area contributed by atoms with Crippen LogP contribution < -0.4 is 31.2 Å². The van der Waals surface area contributed by atoms with Gasteiger partial charge in [0.2, 0.25) is 11.8 Å². The van der Waals surface area contributed by atoms with Crippen molar-refractivity contribution in [2.24, 2.45) is 7.05 Å². The van der Waals surface area contributed by atoms with Crippen molar-refractivity contribution in [3.05, 3.63) is 53.7 Å². The Morgan fingerprint density at radius 1 is 0.976 bits per heavy atom. The Bertz CT molecular complexity index is 1550. The monoisotopic (exact) mass is 559 g/mol. The summed E-state index contributed by atoms with van der Waals surface area (Å²) in [4.78, 5) is 57.2. The Hall–Kier alpha value is -4.78. The van der Waals surface area contributed by atoms with Gasteiger partial charge in [0.15, 0.2) is 0 Å². The summed E-state index contributed by atoms with van der Waals surface area (Å²) in [6.45, 7) is 3.90. The number of benzene rings is 2. The van der Waals surface area contributed by atoms with Crippen LogP contribution in [0.3, 0.4) is 0 Å². The number of rotatable bonds is 7. The van der Waals surface area contributed by atoms with E-state index in [9.17, 15) is 19.2 Å². The number of hydrogen-bond acceptors (Lipinski definition) is 9. The lowest BCUT2D eigenvalue weighted by molar-refractivity contribution is -0.136. The summed E-state index contributed by atoms with van der Waals surface area (Å²) in [7, 11) is 5.84. The molecule has 3 aliphatic rings. The molecular weight excluding hydrogens is 526 g/mol. The van der Waals surface area contributed by atoms with E-state index in [0.717, 1.165) is 48.3 Å². The lowest BCUT2D eigenvalue weighted by Crippen LogP contribution is -2.54. The Morgan fingerprint density at radius 2 is 1.73 bits per heavy atom. The highest BCUT2D eigenvalue weighted by atomic mass is 16.2. The number of fused-ring (bicyclic) bond motifs is 1. The van der Waals surface area contributed by atoms with Crippen LogP contribution in [0.2, 0.25) is 0 Å². The van der Waals surface area contributed by atoms with Gasteiger partial charge in [-0.2, -0.15) is 4.79 Å². The van der Waals surface area contributed by atoms with Crippen LogP contribution in [0, 0.1) is 0 Å². The molecule has 1 aromatic heterocycles. The van der Waals surface area contributed by atoms with Gasteiger partial charge in [-0.1, -0.05) is 0 Å². The minimum absolute atomic E-state index is 0.0805. The van der Waals surface area contributed by atoms with E-state index in [1.165, 1.54) is 5.69 Å². The number of imide groups is 2. The van der Waals surface area contributed by atoms with Gasteiger partial charge in [0.1, 0.15) is 11.9 Å². The van der Waals surface area contributed by atoms with Crippen molar-refractivity contribution in [1.82, 2.24) is 25.0 Å². The standard InChI is InChI=1S/C28H33N9O4/c1-29-21-15-18(35-12-10-30-11-13-35)5-7-22(21)33(2)25-16-36(34(25)3)32-17-4-6-19-20(14-17)28(41)37(27(19)40)23-8-9-24(38)31-26(23)39/h4-7,14-16,23,29-30,32H,8-13H2,1-3H3,(H,31,38,39). The first-order valence-corrected chi connectivity index (χ1v) is 13.6. The van der Waals surface area contributed by atoms with E-state index in [0.29, 0.717) is 5.69 Å². The average molecular weight is 560 g/mol. The molecule has 0 saturated carbocycles. The average Bonchev–Trinajstić information content (AvgIpc) is 3.23. The number of amides is 4.